The minimum Gasteiger partial charge on any atom is -0.365 e. The first-order valence-electron chi connectivity index (χ1n) is 8.42. The number of hydrogen-bond acceptors (Lipinski definition) is 7. The topological polar surface area (TPSA) is 97.0 Å². The van der Waals surface area contributed by atoms with Crippen molar-refractivity contribution in [1.29, 1.82) is 0 Å². The first-order chi connectivity index (χ1) is 12.7. The Morgan fingerprint density at radius 1 is 1.27 bits per heavy atom. The number of likely N-dealkylation sites (tertiary alicyclic amines) is 1. The predicted molar refractivity (Wildman–Crippen MR) is 94.4 cm³/mol. The summed E-state index contributed by atoms with van der Waals surface area (Å²) < 4.78 is 5.26. The quantitative estimate of drug-likeness (QED) is 0.770. The van der Waals surface area contributed by atoms with Crippen molar-refractivity contribution in [2.24, 2.45) is 0 Å². The third-order valence-electron chi connectivity index (χ3n) is 4.31. The highest BCUT2D eigenvalue weighted by Crippen LogP contribution is 2.26. The van der Waals surface area contributed by atoms with Gasteiger partial charge in [-0.2, -0.15) is 4.98 Å². The molecule has 4 heterocycles. The highest BCUT2D eigenvalue weighted by atomic mass is 16.5. The zero-order valence-electron chi connectivity index (χ0n) is 14.3. The van der Waals surface area contributed by atoms with Gasteiger partial charge in [-0.05, 0) is 37.6 Å². The van der Waals surface area contributed by atoms with E-state index in [2.05, 4.69) is 25.4 Å². The van der Waals surface area contributed by atoms with Crippen LogP contribution in [0.1, 0.15) is 22.6 Å². The highest BCUT2D eigenvalue weighted by molar-refractivity contribution is 5.94. The summed E-state index contributed by atoms with van der Waals surface area (Å²) in [5.41, 5.74) is 1.41. The molecule has 1 saturated heterocycles. The van der Waals surface area contributed by atoms with Crippen LogP contribution in [0.25, 0.3) is 11.5 Å². The van der Waals surface area contributed by atoms with Crippen molar-refractivity contribution in [3.05, 3.63) is 54.2 Å². The molecule has 1 amide bonds. The van der Waals surface area contributed by atoms with Crippen molar-refractivity contribution in [2.45, 2.75) is 19.4 Å². The van der Waals surface area contributed by atoms with Crippen molar-refractivity contribution in [3.63, 3.8) is 0 Å². The van der Waals surface area contributed by atoms with Crippen LogP contribution < -0.4 is 5.32 Å². The Kier molecular flexibility index (Phi) is 4.30. The normalized spacial score (nSPS) is 16.7. The minimum atomic E-state index is 0.0190. The smallest absolute Gasteiger partial charge is 0.261 e. The molecule has 0 bridgehead atoms. The van der Waals surface area contributed by atoms with Gasteiger partial charge in [0.25, 0.3) is 11.8 Å². The summed E-state index contributed by atoms with van der Waals surface area (Å²) in [4.78, 5) is 27.0. The van der Waals surface area contributed by atoms with Gasteiger partial charge in [0.1, 0.15) is 5.82 Å². The van der Waals surface area contributed by atoms with Gasteiger partial charge >= 0.3 is 0 Å². The molecule has 3 aromatic rings. The number of carbonyl (C=O) groups is 1. The Balaban J connectivity index is 1.47. The molecule has 26 heavy (non-hydrogen) atoms. The molecule has 1 fully saturated rings. The van der Waals surface area contributed by atoms with Gasteiger partial charge in [0.05, 0.1) is 5.56 Å². The lowest BCUT2D eigenvalue weighted by atomic mass is 10.2. The van der Waals surface area contributed by atoms with Gasteiger partial charge in [-0.15, -0.1) is 0 Å². The fraction of sp³-hybridized carbons (Fsp3) is 0.278. The van der Waals surface area contributed by atoms with Crippen LogP contribution in [-0.4, -0.2) is 50.0 Å². The molecule has 8 heteroatoms. The number of pyridine rings is 2. The van der Waals surface area contributed by atoms with Crippen LogP contribution in [-0.2, 0) is 0 Å². The number of nitrogens with zero attached hydrogens (tertiary/aromatic N) is 5. The average molecular weight is 350 g/mol. The maximum absolute atomic E-state index is 12.6. The zero-order valence-corrected chi connectivity index (χ0v) is 14.3. The summed E-state index contributed by atoms with van der Waals surface area (Å²) >= 11 is 0. The number of hydrogen-bond donors (Lipinski definition) is 1. The van der Waals surface area contributed by atoms with Crippen LogP contribution >= 0.6 is 0 Å². The van der Waals surface area contributed by atoms with E-state index in [-0.39, 0.29) is 11.9 Å². The maximum atomic E-state index is 12.6. The summed E-state index contributed by atoms with van der Waals surface area (Å²) in [7, 11) is 0. The standard InChI is InChI=1S/C18H18N6O2/c1-12-21-17(26-23-12)15-3-2-7-20-16(15)22-14-6-10-24(11-14)18(25)13-4-8-19-9-5-13/h2-5,7-9,14H,6,10-11H2,1H3,(H,20,22). The maximum Gasteiger partial charge on any atom is 0.261 e. The number of carbonyl (C=O) groups excluding carboxylic acids is 1. The summed E-state index contributed by atoms with van der Waals surface area (Å²) in [5.74, 6) is 1.70. The van der Waals surface area contributed by atoms with Crippen LogP contribution in [0.2, 0.25) is 0 Å². The SMILES string of the molecule is Cc1noc(-c2cccnc2NC2CCN(C(=O)c3ccncc3)C2)n1. The van der Waals surface area contributed by atoms with E-state index in [1.165, 1.54) is 0 Å². The Morgan fingerprint density at radius 3 is 2.88 bits per heavy atom. The molecule has 3 aromatic heterocycles. The van der Waals surface area contributed by atoms with E-state index >= 15 is 0 Å². The molecule has 1 N–H and O–H groups in total. The van der Waals surface area contributed by atoms with Gasteiger partial charge in [-0.3, -0.25) is 9.78 Å². The Bertz CT molecular complexity index is 911. The molecule has 4 rings (SSSR count). The van der Waals surface area contributed by atoms with Crippen molar-refractivity contribution >= 4 is 11.7 Å². The third kappa shape index (κ3) is 3.26. The fourth-order valence-electron chi connectivity index (χ4n) is 3.03. The fourth-order valence-corrected chi connectivity index (χ4v) is 3.03. The highest BCUT2D eigenvalue weighted by Gasteiger charge is 2.28. The molecule has 0 aromatic carbocycles. The van der Waals surface area contributed by atoms with Crippen LogP contribution in [0.3, 0.4) is 0 Å². The largest absolute Gasteiger partial charge is 0.365 e. The zero-order chi connectivity index (χ0) is 17.9. The summed E-state index contributed by atoms with van der Waals surface area (Å²) in [6.07, 6.45) is 5.82. The number of rotatable bonds is 4. The minimum absolute atomic E-state index is 0.0190. The number of aryl methyl sites for hydroxylation is 1. The molecule has 0 aliphatic carbocycles. The first-order valence-corrected chi connectivity index (χ1v) is 8.42. The molecule has 1 aliphatic heterocycles. The van der Waals surface area contributed by atoms with E-state index in [1.54, 1.807) is 37.6 Å². The number of nitrogens with one attached hydrogen (secondary N) is 1. The van der Waals surface area contributed by atoms with E-state index in [0.717, 1.165) is 12.0 Å². The molecule has 8 nitrogen and oxygen atoms in total. The predicted octanol–water partition coefficient (Wildman–Crippen LogP) is 2.16. The molecule has 0 spiro atoms. The van der Waals surface area contributed by atoms with Crippen LogP contribution in [0.4, 0.5) is 5.82 Å². The molecule has 1 unspecified atom stereocenters. The van der Waals surface area contributed by atoms with E-state index in [0.29, 0.717) is 36.2 Å². The third-order valence-corrected chi connectivity index (χ3v) is 4.31. The molecular weight excluding hydrogens is 332 g/mol. The molecule has 1 atom stereocenters. The molecule has 0 saturated carbocycles. The number of anilines is 1. The second-order valence-electron chi connectivity index (χ2n) is 6.16. The monoisotopic (exact) mass is 350 g/mol. The Morgan fingerprint density at radius 2 is 2.12 bits per heavy atom. The molecular formula is C18H18N6O2. The molecule has 1 aliphatic rings. The average Bonchev–Trinajstić information content (AvgIpc) is 3.31. The Hall–Kier alpha value is -3.29. The van der Waals surface area contributed by atoms with Gasteiger partial charge in [-0.1, -0.05) is 5.16 Å². The summed E-state index contributed by atoms with van der Waals surface area (Å²) in [6, 6.07) is 7.29. The second-order valence-corrected chi connectivity index (χ2v) is 6.16. The van der Waals surface area contributed by atoms with Crippen LogP contribution in [0.5, 0.6) is 0 Å². The lowest BCUT2D eigenvalue weighted by molar-refractivity contribution is 0.0791. The van der Waals surface area contributed by atoms with Crippen molar-refractivity contribution in [1.82, 2.24) is 25.0 Å². The Labute approximate surface area is 150 Å². The van der Waals surface area contributed by atoms with Gasteiger partial charge in [0.15, 0.2) is 5.82 Å². The second kappa shape index (κ2) is 6.91. The van der Waals surface area contributed by atoms with E-state index in [9.17, 15) is 4.79 Å². The molecule has 0 radical (unpaired) electrons. The van der Waals surface area contributed by atoms with Gasteiger partial charge in [0, 0.05) is 43.3 Å². The first kappa shape index (κ1) is 16.2. The summed E-state index contributed by atoms with van der Waals surface area (Å²) in [6.45, 7) is 3.08. The van der Waals surface area contributed by atoms with Gasteiger partial charge in [-0.25, -0.2) is 4.98 Å². The number of aromatic nitrogens is 4. The van der Waals surface area contributed by atoms with Crippen LogP contribution in [0, 0.1) is 6.92 Å². The van der Waals surface area contributed by atoms with Gasteiger partial charge in [0.2, 0.25) is 0 Å². The van der Waals surface area contributed by atoms with Crippen molar-refractivity contribution in [2.75, 3.05) is 18.4 Å². The van der Waals surface area contributed by atoms with Gasteiger partial charge < -0.3 is 14.7 Å². The summed E-state index contributed by atoms with van der Waals surface area (Å²) in [5, 5.41) is 7.24. The van der Waals surface area contributed by atoms with E-state index < -0.39 is 0 Å². The lowest BCUT2D eigenvalue weighted by Crippen LogP contribution is -2.31. The van der Waals surface area contributed by atoms with E-state index in [4.69, 9.17) is 4.52 Å². The van der Waals surface area contributed by atoms with Crippen molar-refractivity contribution < 1.29 is 9.32 Å². The number of amides is 1. The molecule has 132 valence electrons. The lowest BCUT2D eigenvalue weighted by Gasteiger charge is -2.18. The van der Waals surface area contributed by atoms with E-state index in [1.807, 2.05) is 17.0 Å². The van der Waals surface area contributed by atoms with Crippen LogP contribution in [0.15, 0.2) is 47.4 Å². The van der Waals surface area contributed by atoms with Crippen molar-refractivity contribution in [3.8, 4) is 11.5 Å².